The number of benzene rings is 2. The highest BCUT2D eigenvalue weighted by atomic mass is 35.5. The van der Waals surface area contributed by atoms with Crippen LogP contribution in [0.3, 0.4) is 0 Å². The summed E-state index contributed by atoms with van der Waals surface area (Å²) >= 11 is 12.0. The predicted octanol–water partition coefficient (Wildman–Crippen LogP) is 4.51. The molecule has 26 heavy (non-hydrogen) atoms. The molecule has 0 spiro atoms. The number of para-hydroxylation sites is 1. The average Bonchev–Trinajstić information content (AvgIpc) is 3.03. The van der Waals surface area contributed by atoms with Crippen molar-refractivity contribution in [2.75, 3.05) is 6.61 Å². The largest absolute Gasteiger partial charge is 0.452 e. The summed E-state index contributed by atoms with van der Waals surface area (Å²) in [5.41, 5.74) is 1.95. The van der Waals surface area contributed by atoms with Crippen LogP contribution in [0.25, 0.3) is 10.9 Å². The number of nitrogens with one attached hydrogen (secondary N) is 2. The highest BCUT2D eigenvalue weighted by Crippen LogP contribution is 2.26. The summed E-state index contributed by atoms with van der Waals surface area (Å²) in [5.74, 6) is -0.980. The van der Waals surface area contributed by atoms with Gasteiger partial charge < -0.3 is 15.0 Å². The van der Waals surface area contributed by atoms with Crippen molar-refractivity contribution in [2.45, 2.75) is 13.0 Å². The van der Waals surface area contributed by atoms with E-state index in [0.29, 0.717) is 15.6 Å². The summed E-state index contributed by atoms with van der Waals surface area (Å²) < 4.78 is 5.12. The fourth-order valence-corrected chi connectivity index (χ4v) is 3.23. The molecule has 3 aromatic rings. The van der Waals surface area contributed by atoms with Crippen molar-refractivity contribution in [2.24, 2.45) is 0 Å². The first-order chi connectivity index (χ1) is 12.5. The molecule has 1 aromatic heterocycles. The first-order valence-electron chi connectivity index (χ1n) is 7.93. The number of halogens is 2. The number of hydrogen-bond acceptors (Lipinski definition) is 3. The lowest BCUT2D eigenvalue weighted by molar-refractivity contribution is -0.124. The average molecular weight is 391 g/mol. The van der Waals surface area contributed by atoms with E-state index in [1.54, 1.807) is 31.3 Å². The van der Waals surface area contributed by atoms with Gasteiger partial charge in [0.05, 0.1) is 11.6 Å². The van der Waals surface area contributed by atoms with Gasteiger partial charge in [0.2, 0.25) is 0 Å². The molecular weight excluding hydrogens is 375 g/mol. The Morgan fingerprint density at radius 3 is 2.73 bits per heavy atom. The SMILES string of the molecule is CC(NC(=O)COC(=O)c1c[nH]c2ccccc12)c1ccc(Cl)cc1Cl. The van der Waals surface area contributed by atoms with Crippen LogP contribution in [-0.2, 0) is 9.53 Å². The molecular formula is C19H16Cl2N2O3. The standard InChI is InChI=1S/C19H16Cl2N2O3/c1-11(13-7-6-12(20)8-16(13)21)23-18(24)10-26-19(25)15-9-22-17-5-3-2-4-14(15)17/h2-9,11,22H,10H2,1H3,(H,23,24). The molecule has 3 rings (SSSR count). The van der Waals surface area contributed by atoms with E-state index in [2.05, 4.69) is 10.3 Å². The predicted molar refractivity (Wildman–Crippen MR) is 102 cm³/mol. The number of H-pyrrole nitrogens is 1. The molecule has 2 aromatic carbocycles. The number of hydrogen-bond donors (Lipinski definition) is 2. The fraction of sp³-hybridized carbons (Fsp3) is 0.158. The number of rotatable bonds is 5. The molecule has 1 amide bonds. The van der Waals surface area contributed by atoms with Gasteiger partial charge in [-0.15, -0.1) is 0 Å². The molecule has 1 heterocycles. The maximum atomic E-state index is 12.2. The molecule has 2 N–H and O–H groups in total. The number of carbonyl (C=O) groups excluding carboxylic acids is 2. The van der Waals surface area contributed by atoms with Crippen LogP contribution >= 0.6 is 23.2 Å². The van der Waals surface area contributed by atoms with Crippen LogP contribution in [0.4, 0.5) is 0 Å². The minimum atomic E-state index is -0.560. The van der Waals surface area contributed by atoms with E-state index in [-0.39, 0.29) is 12.6 Å². The summed E-state index contributed by atoms with van der Waals surface area (Å²) in [6.07, 6.45) is 1.57. The van der Waals surface area contributed by atoms with E-state index >= 15 is 0 Å². The lowest BCUT2D eigenvalue weighted by atomic mass is 10.1. The zero-order chi connectivity index (χ0) is 18.7. The van der Waals surface area contributed by atoms with Crippen molar-refractivity contribution in [3.63, 3.8) is 0 Å². The van der Waals surface area contributed by atoms with Gasteiger partial charge in [-0.05, 0) is 30.7 Å². The summed E-state index contributed by atoms with van der Waals surface area (Å²) in [4.78, 5) is 27.3. The zero-order valence-corrected chi connectivity index (χ0v) is 15.4. The highest BCUT2D eigenvalue weighted by molar-refractivity contribution is 6.35. The van der Waals surface area contributed by atoms with Crippen molar-refractivity contribution in [1.82, 2.24) is 10.3 Å². The van der Waals surface area contributed by atoms with Crippen molar-refractivity contribution in [3.05, 3.63) is 69.8 Å². The van der Waals surface area contributed by atoms with Gasteiger partial charge in [-0.25, -0.2) is 4.79 Å². The van der Waals surface area contributed by atoms with Crippen molar-refractivity contribution in [3.8, 4) is 0 Å². The second-order valence-electron chi connectivity index (χ2n) is 5.78. The molecule has 134 valence electrons. The Bertz CT molecular complexity index is 968. The number of esters is 1. The third-order valence-corrected chi connectivity index (χ3v) is 4.51. The second-order valence-corrected chi connectivity index (χ2v) is 6.62. The van der Waals surface area contributed by atoms with E-state index in [9.17, 15) is 9.59 Å². The number of ether oxygens (including phenoxy) is 1. The first kappa shape index (κ1) is 18.3. The number of aromatic nitrogens is 1. The Morgan fingerprint density at radius 1 is 1.19 bits per heavy atom. The second kappa shape index (κ2) is 7.81. The lowest BCUT2D eigenvalue weighted by Crippen LogP contribution is -2.31. The molecule has 0 saturated carbocycles. The maximum absolute atomic E-state index is 12.2. The van der Waals surface area contributed by atoms with Gasteiger partial charge in [-0.2, -0.15) is 0 Å². The third kappa shape index (κ3) is 4.00. The topological polar surface area (TPSA) is 71.2 Å². The van der Waals surface area contributed by atoms with Crippen molar-refractivity contribution in [1.29, 1.82) is 0 Å². The molecule has 0 bridgehead atoms. The molecule has 0 radical (unpaired) electrons. The third-order valence-electron chi connectivity index (χ3n) is 3.95. The number of amides is 1. The highest BCUT2D eigenvalue weighted by Gasteiger charge is 2.17. The van der Waals surface area contributed by atoms with Crippen LogP contribution < -0.4 is 5.32 Å². The Labute approximate surface area is 160 Å². The molecule has 0 saturated heterocycles. The molecule has 7 heteroatoms. The Morgan fingerprint density at radius 2 is 1.96 bits per heavy atom. The Kier molecular flexibility index (Phi) is 5.49. The van der Waals surface area contributed by atoms with Crippen LogP contribution in [0.1, 0.15) is 28.9 Å². The number of aromatic amines is 1. The van der Waals surface area contributed by atoms with Gasteiger partial charge >= 0.3 is 5.97 Å². The molecule has 1 atom stereocenters. The smallest absolute Gasteiger partial charge is 0.340 e. The molecule has 1 unspecified atom stereocenters. The summed E-state index contributed by atoms with van der Waals surface area (Å²) in [6.45, 7) is 1.41. The number of fused-ring (bicyclic) bond motifs is 1. The van der Waals surface area contributed by atoms with Gasteiger partial charge in [0.15, 0.2) is 6.61 Å². The molecule has 0 fully saturated rings. The zero-order valence-electron chi connectivity index (χ0n) is 13.9. The van der Waals surface area contributed by atoms with Crippen LogP contribution in [0.2, 0.25) is 10.0 Å². The van der Waals surface area contributed by atoms with E-state index < -0.39 is 11.9 Å². The van der Waals surface area contributed by atoms with Crippen molar-refractivity contribution < 1.29 is 14.3 Å². The normalized spacial score (nSPS) is 12.0. The quantitative estimate of drug-likeness (QED) is 0.629. The summed E-state index contributed by atoms with van der Waals surface area (Å²) in [5, 5.41) is 4.47. The van der Waals surface area contributed by atoms with Crippen LogP contribution in [0, 0.1) is 0 Å². The van der Waals surface area contributed by atoms with E-state index in [1.165, 1.54) is 0 Å². The maximum Gasteiger partial charge on any atom is 0.340 e. The first-order valence-corrected chi connectivity index (χ1v) is 8.69. The Hall–Kier alpha value is -2.50. The molecule has 5 nitrogen and oxygen atoms in total. The van der Waals surface area contributed by atoms with Crippen LogP contribution in [-0.4, -0.2) is 23.5 Å². The number of carbonyl (C=O) groups is 2. The van der Waals surface area contributed by atoms with E-state index in [1.807, 2.05) is 24.3 Å². The van der Waals surface area contributed by atoms with E-state index in [4.69, 9.17) is 27.9 Å². The summed E-state index contributed by atoms with van der Waals surface area (Å²) in [7, 11) is 0. The lowest BCUT2D eigenvalue weighted by Gasteiger charge is -2.16. The van der Waals surface area contributed by atoms with Crippen LogP contribution in [0.15, 0.2) is 48.7 Å². The molecule has 0 aliphatic rings. The monoisotopic (exact) mass is 390 g/mol. The van der Waals surface area contributed by atoms with E-state index in [0.717, 1.165) is 16.5 Å². The minimum absolute atomic E-state index is 0.348. The van der Waals surface area contributed by atoms with Gasteiger partial charge in [0.1, 0.15) is 0 Å². The van der Waals surface area contributed by atoms with Crippen LogP contribution in [0.5, 0.6) is 0 Å². The Balaban J connectivity index is 1.59. The van der Waals surface area contributed by atoms with Gasteiger partial charge in [-0.1, -0.05) is 47.5 Å². The van der Waals surface area contributed by atoms with Gasteiger partial charge in [-0.3, -0.25) is 4.79 Å². The van der Waals surface area contributed by atoms with Crippen molar-refractivity contribution >= 4 is 46.0 Å². The van der Waals surface area contributed by atoms with Gasteiger partial charge in [0.25, 0.3) is 5.91 Å². The molecule has 0 aliphatic heterocycles. The fourth-order valence-electron chi connectivity index (χ4n) is 2.66. The molecule has 0 aliphatic carbocycles. The summed E-state index contributed by atoms with van der Waals surface area (Å²) in [6, 6.07) is 12.1. The van der Waals surface area contributed by atoms with Gasteiger partial charge in [0, 0.05) is 27.1 Å². The minimum Gasteiger partial charge on any atom is -0.452 e.